The Balaban J connectivity index is 0.00000300. The van der Waals surface area contributed by atoms with Crippen molar-refractivity contribution in [3.05, 3.63) is 93.7 Å². The minimum absolute atomic E-state index is 0. The predicted octanol–water partition coefficient (Wildman–Crippen LogP) is 5.93. The Morgan fingerprint density at radius 1 is 0.931 bits per heavy atom. The van der Waals surface area contributed by atoms with Crippen molar-refractivity contribution in [3.8, 4) is 11.5 Å². The minimum atomic E-state index is -0.205. The molecule has 0 heterocycles. The maximum atomic E-state index is 12.9. The zero-order chi connectivity index (χ0) is 19.8. The van der Waals surface area contributed by atoms with Crippen LogP contribution < -0.4 is 14.8 Å². The number of nitrogens with one attached hydrogen (secondary N) is 1. The van der Waals surface area contributed by atoms with Crippen molar-refractivity contribution in [3.63, 3.8) is 0 Å². The predicted molar refractivity (Wildman–Crippen MR) is 121 cm³/mol. The van der Waals surface area contributed by atoms with Gasteiger partial charge < -0.3 is 14.8 Å². The van der Waals surface area contributed by atoms with Crippen molar-refractivity contribution in [1.82, 2.24) is 5.32 Å². The van der Waals surface area contributed by atoms with Crippen LogP contribution in [0.4, 0.5) is 4.39 Å². The third kappa shape index (κ3) is 7.03. The van der Waals surface area contributed by atoms with Crippen LogP contribution in [0.3, 0.4) is 0 Å². The summed E-state index contributed by atoms with van der Waals surface area (Å²) < 4.78 is 25.3. The van der Waals surface area contributed by atoms with Gasteiger partial charge in [0, 0.05) is 6.54 Å². The fourth-order valence-corrected chi connectivity index (χ4v) is 3.47. The molecule has 0 spiro atoms. The van der Waals surface area contributed by atoms with Crippen LogP contribution in [0.5, 0.6) is 11.5 Å². The average Bonchev–Trinajstić information content (AvgIpc) is 2.72. The van der Waals surface area contributed by atoms with Gasteiger partial charge in [-0.05, 0) is 69.9 Å². The van der Waals surface area contributed by atoms with E-state index < -0.39 is 0 Å². The summed E-state index contributed by atoms with van der Waals surface area (Å²) in [5.74, 6) is 1.19. The van der Waals surface area contributed by atoms with Crippen LogP contribution in [0.1, 0.15) is 16.7 Å². The van der Waals surface area contributed by atoms with Crippen LogP contribution in [0.25, 0.3) is 0 Å². The maximum absolute atomic E-state index is 12.9. The molecule has 0 atom stereocenters. The summed E-state index contributed by atoms with van der Waals surface area (Å²) in [6, 6.07) is 20.7. The smallest absolute Gasteiger partial charge is 0.175 e. The quantitative estimate of drug-likeness (QED) is 0.385. The van der Waals surface area contributed by atoms with Gasteiger partial charge in [-0.25, -0.2) is 4.39 Å². The molecule has 6 heteroatoms. The SMILES string of the molecule is COc1cc(CNCCc2ccc(F)cc2)cc(Br)c1OCc1ccccc1.Cl. The fourth-order valence-electron chi connectivity index (χ4n) is 2.86. The molecule has 0 aliphatic carbocycles. The van der Waals surface area contributed by atoms with Crippen molar-refractivity contribution in [2.75, 3.05) is 13.7 Å². The Bertz CT molecular complexity index is 891. The molecule has 3 rings (SSSR count). The van der Waals surface area contributed by atoms with Crippen LogP contribution in [-0.4, -0.2) is 13.7 Å². The van der Waals surface area contributed by atoms with Crippen LogP contribution >= 0.6 is 28.3 Å². The number of hydrogen-bond acceptors (Lipinski definition) is 3. The van der Waals surface area contributed by atoms with Crippen LogP contribution in [0.15, 0.2) is 71.2 Å². The molecule has 0 saturated heterocycles. The highest BCUT2D eigenvalue weighted by Gasteiger charge is 2.12. The van der Waals surface area contributed by atoms with E-state index in [0.29, 0.717) is 24.7 Å². The molecule has 3 nitrogen and oxygen atoms in total. The number of rotatable bonds is 9. The van der Waals surface area contributed by atoms with Crippen LogP contribution in [-0.2, 0) is 19.6 Å². The molecule has 0 aliphatic heterocycles. The first-order valence-electron chi connectivity index (χ1n) is 9.14. The van der Waals surface area contributed by atoms with Gasteiger partial charge in [-0.2, -0.15) is 0 Å². The highest BCUT2D eigenvalue weighted by molar-refractivity contribution is 9.10. The highest BCUT2D eigenvalue weighted by atomic mass is 79.9. The molecule has 154 valence electrons. The Labute approximate surface area is 185 Å². The van der Waals surface area contributed by atoms with Crippen molar-refractivity contribution < 1.29 is 13.9 Å². The molecule has 29 heavy (non-hydrogen) atoms. The Kier molecular flexibility index (Phi) is 9.45. The largest absolute Gasteiger partial charge is 0.493 e. The minimum Gasteiger partial charge on any atom is -0.493 e. The second-order valence-electron chi connectivity index (χ2n) is 6.44. The maximum Gasteiger partial charge on any atom is 0.175 e. The van der Waals surface area contributed by atoms with Gasteiger partial charge in [0.25, 0.3) is 0 Å². The van der Waals surface area contributed by atoms with Gasteiger partial charge in [-0.3, -0.25) is 0 Å². The van der Waals surface area contributed by atoms with Crippen molar-refractivity contribution in [2.24, 2.45) is 0 Å². The lowest BCUT2D eigenvalue weighted by molar-refractivity contribution is 0.282. The van der Waals surface area contributed by atoms with Crippen molar-refractivity contribution in [2.45, 2.75) is 19.6 Å². The molecule has 0 saturated carbocycles. The van der Waals surface area contributed by atoms with E-state index in [1.165, 1.54) is 12.1 Å². The summed E-state index contributed by atoms with van der Waals surface area (Å²) >= 11 is 3.60. The highest BCUT2D eigenvalue weighted by Crippen LogP contribution is 2.37. The molecule has 0 radical (unpaired) electrons. The van der Waals surface area contributed by atoms with Gasteiger partial charge in [-0.1, -0.05) is 42.5 Å². The summed E-state index contributed by atoms with van der Waals surface area (Å²) in [6.07, 6.45) is 0.844. The lowest BCUT2D eigenvalue weighted by Crippen LogP contribution is -2.16. The zero-order valence-electron chi connectivity index (χ0n) is 16.2. The Morgan fingerprint density at radius 3 is 2.34 bits per heavy atom. The topological polar surface area (TPSA) is 30.5 Å². The molecule has 0 bridgehead atoms. The number of hydrogen-bond donors (Lipinski definition) is 1. The molecule has 0 aliphatic rings. The molecule has 0 amide bonds. The van der Waals surface area contributed by atoms with E-state index >= 15 is 0 Å². The third-order valence-corrected chi connectivity index (χ3v) is 4.94. The van der Waals surface area contributed by atoms with Gasteiger partial charge >= 0.3 is 0 Å². The molecular formula is C23H24BrClFNO2. The monoisotopic (exact) mass is 479 g/mol. The number of benzene rings is 3. The number of ether oxygens (including phenoxy) is 2. The second-order valence-corrected chi connectivity index (χ2v) is 7.29. The lowest BCUT2D eigenvalue weighted by Gasteiger charge is -2.15. The molecule has 0 unspecified atom stereocenters. The van der Waals surface area contributed by atoms with Gasteiger partial charge in [0.2, 0.25) is 0 Å². The van der Waals surface area contributed by atoms with Gasteiger partial charge in [0.15, 0.2) is 11.5 Å². The van der Waals surface area contributed by atoms with E-state index in [-0.39, 0.29) is 18.2 Å². The van der Waals surface area contributed by atoms with Gasteiger partial charge in [0.1, 0.15) is 12.4 Å². The molecule has 3 aromatic carbocycles. The van der Waals surface area contributed by atoms with Crippen molar-refractivity contribution in [1.29, 1.82) is 0 Å². The first-order chi connectivity index (χ1) is 13.7. The van der Waals surface area contributed by atoms with E-state index in [1.54, 1.807) is 7.11 Å². The number of halogens is 3. The lowest BCUT2D eigenvalue weighted by atomic mass is 10.1. The van der Waals surface area contributed by atoms with Gasteiger partial charge in [-0.15, -0.1) is 12.4 Å². The molecule has 1 N–H and O–H groups in total. The standard InChI is InChI=1S/C23H23BrFNO2.ClH/c1-27-22-14-19(15-26-12-11-17-7-9-20(25)10-8-17)13-21(24)23(22)28-16-18-5-3-2-4-6-18;/h2-10,13-14,26H,11-12,15-16H2,1H3;1H. The average molecular weight is 481 g/mol. The molecule has 0 fully saturated rings. The zero-order valence-corrected chi connectivity index (χ0v) is 18.6. The molecule has 3 aromatic rings. The second kappa shape index (κ2) is 11.8. The summed E-state index contributed by atoms with van der Waals surface area (Å²) in [4.78, 5) is 0. The van der Waals surface area contributed by atoms with Crippen LogP contribution in [0.2, 0.25) is 0 Å². The van der Waals surface area contributed by atoms with Gasteiger partial charge in [0.05, 0.1) is 11.6 Å². The van der Waals surface area contributed by atoms with Crippen LogP contribution in [0, 0.1) is 5.82 Å². The first-order valence-corrected chi connectivity index (χ1v) is 9.93. The Hall–Kier alpha value is -2.08. The summed E-state index contributed by atoms with van der Waals surface area (Å²) in [6.45, 7) is 1.98. The van der Waals surface area contributed by atoms with E-state index in [0.717, 1.165) is 34.1 Å². The normalized spacial score (nSPS) is 10.3. The first kappa shape index (κ1) is 23.2. The van der Waals surface area contributed by atoms with E-state index in [1.807, 2.05) is 54.6 Å². The van der Waals surface area contributed by atoms with E-state index in [9.17, 15) is 4.39 Å². The number of methoxy groups -OCH3 is 1. The van der Waals surface area contributed by atoms with E-state index in [2.05, 4.69) is 21.2 Å². The summed E-state index contributed by atoms with van der Waals surface area (Å²) in [5, 5.41) is 3.41. The fraction of sp³-hybridized carbons (Fsp3) is 0.217. The Morgan fingerprint density at radius 2 is 1.66 bits per heavy atom. The summed E-state index contributed by atoms with van der Waals surface area (Å²) in [5.41, 5.74) is 3.30. The summed E-state index contributed by atoms with van der Waals surface area (Å²) in [7, 11) is 1.64. The third-order valence-electron chi connectivity index (χ3n) is 4.35. The molecule has 0 aromatic heterocycles. The van der Waals surface area contributed by atoms with E-state index in [4.69, 9.17) is 9.47 Å². The van der Waals surface area contributed by atoms with Crippen molar-refractivity contribution >= 4 is 28.3 Å². The molecular weight excluding hydrogens is 457 g/mol.